The molecule has 1 saturated heterocycles. The van der Waals surface area contributed by atoms with Gasteiger partial charge >= 0.3 is 6.36 Å². The van der Waals surface area contributed by atoms with Gasteiger partial charge in [-0.05, 0) is 128 Å². The van der Waals surface area contributed by atoms with Crippen LogP contribution in [-0.4, -0.2) is 29.5 Å². The summed E-state index contributed by atoms with van der Waals surface area (Å²) in [6, 6.07) is 26.1. The van der Waals surface area contributed by atoms with Crippen molar-refractivity contribution in [1.29, 1.82) is 0 Å². The number of carbonyl (C=O) groups excluding carboxylic acids is 2. The third-order valence-electron chi connectivity index (χ3n) is 9.72. The van der Waals surface area contributed by atoms with Gasteiger partial charge in [0.1, 0.15) is 17.1 Å². The van der Waals surface area contributed by atoms with Gasteiger partial charge in [0.15, 0.2) is 14.3 Å². The fraction of sp³-hybridized carbons (Fsp3) is 0.256. The molecular formula is C43H42F3NO5P2. The lowest BCUT2D eigenvalue weighted by Crippen LogP contribution is -2.41. The van der Waals surface area contributed by atoms with Crippen LogP contribution in [0.1, 0.15) is 44.5 Å². The molecule has 2 amide bonds. The molecule has 0 radical (unpaired) electrons. The monoisotopic (exact) mass is 771 g/mol. The summed E-state index contributed by atoms with van der Waals surface area (Å²) in [4.78, 5) is 31.6. The predicted molar refractivity (Wildman–Crippen MR) is 211 cm³/mol. The first kappa shape index (κ1) is 39.0. The maximum atomic E-state index is 16.7. The number of ether oxygens (including phenoxy) is 1. The molecule has 5 aromatic carbocycles. The summed E-state index contributed by atoms with van der Waals surface area (Å²) in [6.45, 7) is 14.8. The van der Waals surface area contributed by atoms with Crippen LogP contribution in [0.3, 0.4) is 0 Å². The zero-order valence-electron chi connectivity index (χ0n) is 31.4. The average molecular weight is 772 g/mol. The number of hydrogen-bond donors (Lipinski definition) is 0. The van der Waals surface area contributed by atoms with Gasteiger partial charge in [0.25, 0.3) is 0 Å². The maximum absolute atomic E-state index is 16.7. The number of benzene rings is 5. The summed E-state index contributed by atoms with van der Waals surface area (Å²) in [7, 11) is -8.53. The van der Waals surface area contributed by atoms with Crippen LogP contribution in [0.15, 0.2) is 97.1 Å². The van der Waals surface area contributed by atoms with E-state index < -0.39 is 49.5 Å². The number of nitrogens with zero attached hydrogens (tertiary/aromatic N) is 1. The minimum absolute atomic E-state index is 0.0631. The number of carbonyl (C=O) groups is 2. The fourth-order valence-electron chi connectivity index (χ4n) is 7.91. The number of alkyl halides is 3. The lowest BCUT2D eigenvalue weighted by atomic mass is 10.2. The van der Waals surface area contributed by atoms with Crippen molar-refractivity contribution in [3.63, 3.8) is 0 Å². The zero-order valence-corrected chi connectivity index (χ0v) is 33.2. The summed E-state index contributed by atoms with van der Waals surface area (Å²) in [5.41, 5.74) is 2.89. The van der Waals surface area contributed by atoms with Crippen molar-refractivity contribution in [3.05, 3.63) is 142 Å². The summed E-state index contributed by atoms with van der Waals surface area (Å²) in [6.07, 6.45) is -4.97. The minimum atomic E-state index is -4.97. The van der Waals surface area contributed by atoms with E-state index in [0.717, 1.165) is 61.5 Å². The van der Waals surface area contributed by atoms with E-state index in [4.69, 9.17) is 0 Å². The first-order valence-electron chi connectivity index (χ1n) is 17.5. The summed E-state index contributed by atoms with van der Waals surface area (Å²) >= 11 is 0. The third-order valence-corrected chi connectivity index (χ3v) is 16.7. The summed E-state index contributed by atoms with van der Waals surface area (Å²) in [5, 5.41) is 1.35. The van der Waals surface area contributed by atoms with Gasteiger partial charge in [0, 0.05) is 21.2 Å². The van der Waals surface area contributed by atoms with Crippen molar-refractivity contribution < 1.29 is 36.6 Å². The second kappa shape index (κ2) is 14.2. The van der Waals surface area contributed by atoms with E-state index in [-0.39, 0.29) is 5.69 Å². The Balaban J connectivity index is 1.74. The highest BCUT2D eigenvalue weighted by atomic mass is 31.2. The fourth-order valence-corrected chi connectivity index (χ4v) is 16.0. The van der Waals surface area contributed by atoms with Crippen molar-refractivity contribution in [1.82, 2.24) is 0 Å². The molecule has 1 heterocycles. The zero-order chi connectivity index (χ0) is 39.5. The normalized spacial score (nSPS) is 16.6. The standard InChI is InChI=1S/C43H42F3NO5P2/c1-25-13-26(2)18-35(17-25)53(50,36-19-27(3)14-28(4)20-36)39-40(42(49)47(41(39)48)33-9-11-34(12-10-33)52-43(44,45)46)54(51,37-21-29(5)15-30(6)22-37)38-23-31(7)16-32(8)24-38/h9-24,39-40H,1-8H3. The van der Waals surface area contributed by atoms with Gasteiger partial charge in [-0.2, -0.15) is 0 Å². The molecule has 0 spiro atoms. The van der Waals surface area contributed by atoms with Crippen molar-refractivity contribution in [2.45, 2.75) is 73.1 Å². The first-order chi connectivity index (χ1) is 25.2. The van der Waals surface area contributed by atoms with E-state index in [2.05, 4.69) is 4.74 Å². The second-order valence-corrected chi connectivity index (χ2v) is 20.5. The Kier molecular flexibility index (Phi) is 10.2. The molecule has 0 aromatic heterocycles. The van der Waals surface area contributed by atoms with Gasteiger partial charge in [-0.25, -0.2) is 4.90 Å². The largest absolute Gasteiger partial charge is 0.573 e. The number of hydrogen-bond acceptors (Lipinski definition) is 5. The van der Waals surface area contributed by atoms with Crippen LogP contribution in [0.2, 0.25) is 0 Å². The molecule has 0 saturated carbocycles. The predicted octanol–water partition coefficient (Wildman–Crippen LogP) is 8.69. The topological polar surface area (TPSA) is 80.8 Å². The van der Waals surface area contributed by atoms with Gasteiger partial charge in [-0.3, -0.25) is 9.59 Å². The van der Waals surface area contributed by atoms with Crippen LogP contribution in [0.25, 0.3) is 0 Å². The number of imide groups is 1. The van der Waals surface area contributed by atoms with Crippen LogP contribution in [-0.2, 0) is 18.7 Å². The van der Waals surface area contributed by atoms with Crippen molar-refractivity contribution in [3.8, 4) is 5.75 Å². The Morgan fingerprint density at radius 2 is 0.741 bits per heavy atom. The molecule has 11 heteroatoms. The highest BCUT2D eigenvalue weighted by Crippen LogP contribution is 2.64. The molecule has 0 N–H and O–H groups in total. The molecule has 54 heavy (non-hydrogen) atoms. The molecule has 6 nitrogen and oxygen atoms in total. The van der Waals surface area contributed by atoms with Gasteiger partial charge in [-0.15, -0.1) is 13.2 Å². The Bertz CT molecular complexity index is 2090. The van der Waals surface area contributed by atoms with Crippen LogP contribution in [0, 0.1) is 55.4 Å². The molecular weight excluding hydrogens is 729 g/mol. The van der Waals surface area contributed by atoms with Crippen molar-refractivity contribution >= 4 is 53.0 Å². The first-order valence-corrected chi connectivity index (χ1v) is 21.0. The average Bonchev–Trinajstić information content (AvgIpc) is 3.31. The molecule has 5 aromatic rings. The molecule has 0 aliphatic carbocycles. The Hall–Kier alpha value is -4.71. The van der Waals surface area contributed by atoms with E-state index in [1.807, 2.05) is 79.7 Å². The maximum Gasteiger partial charge on any atom is 0.573 e. The van der Waals surface area contributed by atoms with Gasteiger partial charge < -0.3 is 13.9 Å². The van der Waals surface area contributed by atoms with Crippen LogP contribution in [0.4, 0.5) is 18.9 Å². The van der Waals surface area contributed by atoms with Crippen LogP contribution < -0.4 is 30.9 Å². The quantitative estimate of drug-likeness (QED) is 0.117. The van der Waals surface area contributed by atoms with Crippen molar-refractivity contribution in [2.24, 2.45) is 0 Å². The highest BCUT2D eigenvalue weighted by molar-refractivity contribution is 7.84. The number of halogens is 3. The summed E-state index contributed by atoms with van der Waals surface area (Å²) < 4.78 is 76.8. The third kappa shape index (κ3) is 7.24. The Morgan fingerprint density at radius 1 is 0.481 bits per heavy atom. The molecule has 1 fully saturated rings. The number of anilines is 1. The number of rotatable bonds is 8. The minimum Gasteiger partial charge on any atom is -0.406 e. The van der Waals surface area contributed by atoms with E-state index in [1.165, 1.54) is 12.1 Å². The SMILES string of the molecule is Cc1cc(C)cc(P(=O)(c2cc(C)cc(C)c2)C2C(=O)N(c3ccc(OC(F)(F)F)cc3)C(=O)C2P(=O)(c2cc(C)cc(C)c2)c2cc(C)cc(C)c2)c1. The molecule has 2 unspecified atom stereocenters. The summed E-state index contributed by atoms with van der Waals surface area (Å²) in [5.74, 6) is -2.26. The smallest absolute Gasteiger partial charge is 0.406 e. The molecule has 0 bridgehead atoms. The number of amides is 2. The lowest BCUT2D eigenvalue weighted by molar-refractivity contribution is -0.274. The van der Waals surface area contributed by atoms with Gasteiger partial charge in [-0.1, -0.05) is 68.8 Å². The molecule has 280 valence electrons. The van der Waals surface area contributed by atoms with Gasteiger partial charge in [0.05, 0.1) is 5.69 Å². The number of aryl methyl sites for hydroxylation is 8. The molecule has 1 aliphatic heterocycles. The van der Waals surface area contributed by atoms with E-state index in [9.17, 15) is 13.2 Å². The van der Waals surface area contributed by atoms with Crippen LogP contribution >= 0.6 is 14.3 Å². The highest BCUT2D eigenvalue weighted by Gasteiger charge is 2.64. The Morgan fingerprint density at radius 3 is 0.981 bits per heavy atom. The lowest BCUT2D eigenvalue weighted by Gasteiger charge is -2.33. The van der Waals surface area contributed by atoms with E-state index in [0.29, 0.717) is 21.2 Å². The molecule has 2 atom stereocenters. The van der Waals surface area contributed by atoms with Crippen molar-refractivity contribution in [2.75, 3.05) is 4.90 Å². The molecule has 6 rings (SSSR count). The van der Waals surface area contributed by atoms with E-state index >= 15 is 18.7 Å². The van der Waals surface area contributed by atoms with Crippen LogP contribution in [0.5, 0.6) is 5.75 Å². The van der Waals surface area contributed by atoms with E-state index in [1.54, 1.807) is 48.5 Å². The Labute approximate surface area is 314 Å². The van der Waals surface area contributed by atoms with Gasteiger partial charge in [0.2, 0.25) is 11.8 Å². The molecule has 1 aliphatic rings. The second-order valence-electron chi connectivity index (χ2n) is 14.6.